The smallest absolute Gasteiger partial charge is 0.292 e. The Balaban J connectivity index is 2.33. The topological polar surface area (TPSA) is 124 Å². The molecule has 1 aromatic carbocycles. The number of aliphatic hydroxyl groups excluding tert-OH is 1. The van der Waals surface area contributed by atoms with Gasteiger partial charge in [-0.3, -0.25) is 14.4 Å². The standard InChI is InChI=1S/C21H23FN4O4/c1-11(7-8-27)24-21(30)19(28)17-12(2)18(26(4)13(17)3)20(29)25-15-5-6-16(22)14(9-15)10-23/h5-6,9,11,27H,7-8H2,1-4H3,(H,24,30)(H,25,29). The molecule has 0 saturated heterocycles. The molecule has 0 aliphatic carbocycles. The van der Waals surface area contributed by atoms with Crippen molar-refractivity contribution in [1.29, 1.82) is 5.26 Å². The molecule has 2 aromatic rings. The van der Waals surface area contributed by atoms with Gasteiger partial charge in [0.2, 0.25) is 0 Å². The van der Waals surface area contributed by atoms with E-state index in [9.17, 15) is 18.8 Å². The van der Waals surface area contributed by atoms with Gasteiger partial charge in [0.25, 0.3) is 17.6 Å². The molecule has 0 spiro atoms. The number of nitrogens with one attached hydrogen (secondary N) is 2. The van der Waals surface area contributed by atoms with Crippen molar-refractivity contribution in [3.63, 3.8) is 0 Å². The summed E-state index contributed by atoms with van der Waals surface area (Å²) in [7, 11) is 1.59. The number of ketones is 1. The first-order valence-corrected chi connectivity index (χ1v) is 9.25. The van der Waals surface area contributed by atoms with Crippen LogP contribution in [0.25, 0.3) is 0 Å². The fourth-order valence-corrected chi connectivity index (χ4v) is 3.18. The minimum atomic E-state index is -0.822. The number of aliphatic hydroxyl groups is 1. The summed E-state index contributed by atoms with van der Waals surface area (Å²) >= 11 is 0. The predicted octanol–water partition coefficient (Wildman–Crippen LogP) is 1.97. The first kappa shape index (κ1) is 22.8. The van der Waals surface area contributed by atoms with E-state index in [0.717, 1.165) is 6.07 Å². The van der Waals surface area contributed by atoms with Gasteiger partial charge in [-0.2, -0.15) is 5.26 Å². The molecule has 0 aliphatic heterocycles. The number of anilines is 1. The predicted molar refractivity (Wildman–Crippen MR) is 108 cm³/mol. The first-order chi connectivity index (χ1) is 14.1. The number of hydrogen-bond acceptors (Lipinski definition) is 5. The molecule has 8 nitrogen and oxygen atoms in total. The second-order valence-electron chi connectivity index (χ2n) is 6.97. The second kappa shape index (κ2) is 9.33. The summed E-state index contributed by atoms with van der Waals surface area (Å²) < 4.78 is 15.0. The van der Waals surface area contributed by atoms with E-state index in [2.05, 4.69) is 10.6 Å². The Bertz CT molecular complexity index is 1050. The Kier molecular flexibility index (Phi) is 7.08. The third-order valence-electron chi connectivity index (χ3n) is 4.86. The molecule has 158 valence electrons. The molecule has 0 saturated carbocycles. The molecule has 1 unspecified atom stereocenters. The van der Waals surface area contributed by atoms with Crippen LogP contribution >= 0.6 is 0 Å². The van der Waals surface area contributed by atoms with Crippen LogP contribution in [0.4, 0.5) is 10.1 Å². The fourth-order valence-electron chi connectivity index (χ4n) is 3.18. The summed E-state index contributed by atoms with van der Waals surface area (Å²) in [6.07, 6.45) is 0.307. The molecule has 30 heavy (non-hydrogen) atoms. The largest absolute Gasteiger partial charge is 0.396 e. The zero-order valence-corrected chi connectivity index (χ0v) is 17.2. The summed E-state index contributed by atoms with van der Waals surface area (Å²) in [5.41, 5.74) is 1.05. The molecule has 0 bridgehead atoms. The van der Waals surface area contributed by atoms with Gasteiger partial charge in [-0.05, 0) is 51.0 Å². The molecule has 2 amide bonds. The highest BCUT2D eigenvalue weighted by molar-refractivity contribution is 6.43. The monoisotopic (exact) mass is 414 g/mol. The van der Waals surface area contributed by atoms with E-state index >= 15 is 0 Å². The number of halogens is 1. The molecule has 2 rings (SSSR count). The number of carbonyl (C=O) groups is 3. The Hall–Kier alpha value is -3.51. The summed E-state index contributed by atoms with van der Waals surface area (Å²) in [6.45, 7) is 4.72. The number of benzene rings is 1. The van der Waals surface area contributed by atoms with Gasteiger partial charge in [-0.15, -0.1) is 0 Å². The third kappa shape index (κ3) is 4.55. The Morgan fingerprint density at radius 3 is 2.57 bits per heavy atom. The van der Waals surface area contributed by atoms with Crippen LogP contribution in [0.1, 0.15) is 51.0 Å². The van der Waals surface area contributed by atoms with E-state index in [4.69, 9.17) is 10.4 Å². The van der Waals surface area contributed by atoms with Crippen LogP contribution < -0.4 is 10.6 Å². The van der Waals surface area contributed by atoms with Gasteiger partial charge >= 0.3 is 0 Å². The normalized spacial score (nSPS) is 11.5. The van der Waals surface area contributed by atoms with Gasteiger partial charge in [0.05, 0.1) is 11.1 Å². The van der Waals surface area contributed by atoms with Crippen LogP contribution in [-0.4, -0.2) is 39.9 Å². The van der Waals surface area contributed by atoms with Crippen LogP contribution in [-0.2, 0) is 11.8 Å². The molecule has 1 atom stereocenters. The van der Waals surface area contributed by atoms with Crippen molar-refractivity contribution in [2.45, 2.75) is 33.2 Å². The molecule has 1 aromatic heterocycles. The van der Waals surface area contributed by atoms with Crippen LogP contribution in [0, 0.1) is 31.0 Å². The van der Waals surface area contributed by atoms with Crippen LogP contribution in [0.2, 0.25) is 0 Å². The average molecular weight is 414 g/mol. The number of nitrogens with zero attached hydrogens (tertiary/aromatic N) is 2. The molecule has 0 aliphatic rings. The van der Waals surface area contributed by atoms with Crippen LogP contribution in [0.15, 0.2) is 18.2 Å². The SMILES string of the molecule is Cc1c(C(=O)C(=O)NC(C)CCO)c(C)n(C)c1C(=O)Nc1ccc(F)c(C#N)c1. The van der Waals surface area contributed by atoms with Crippen LogP contribution in [0.3, 0.4) is 0 Å². The third-order valence-corrected chi connectivity index (χ3v) is 4.86. The molecular weight excluding hydrogens is 391 g/mol. The molecular formula is C21H23FN4O4. The van der Waals surface area contributed by atoms with Crippen LogP contribution in [0.5, 0.6) is 0 Å². The van der Waals surface area contributed by atoms with Gasteiger partial charge in [0.1, 0.15) is 17.6 Å². The highest BCUT2D eigenvalue weighted by Gasteiger charge is 2.29. The van der Waals surface area contributed by atoms with Gasteiger partial charge < -0.3 is 20.3 Å². The van der Waals surface area contributed by atoms with Gasteiger partial charge in [0.15, 0.2) is 0 Å². The lowest BCUT2D eigenvalue weighted by Crippen LogP contribution is -2.38. The molecule has 1 heterocycles. The van der Waals surface area contributed by atoms with E-state index in [-0.39, 0.29) is 35.2 Å². The first-order valence-electron chi connectivity index (χ1n) is 9.25. The van der Waals surface area contributed by atoms with Crippen molar-refractivity contribution in [1.82, 2.24) is 9.88 Å². The summed E-state index contributed by atoms with van der Waals surface area (Å²) in [5.74, 6) is -2.87. The van der Waals surface area contributed by atoms with Crippen molar-refractivity contribution in [3.8, 4) is 6.07 Å². The summed E-state index contributed by atoms with van der Waals surface area (Å²) in [5, 5.41) is 23.0. The van der Waals surface area contributed by atoms with E-state index in [0.29, 0.717) is 17.7 Å². The highest BCUT2D eigenvalue weighted by atomic mass is 19.1. The minimum absolute atomic E-state index is 0.119. The number of aromatic nitrogens is 1. The Labute approximate surface area is 173 Å². The quantitative estimate of drug-likeness (QED) is 0.472. The lowest BCUT2D eigenvalue weighted by molar-refractivity contribution is -0.117. The van der Waals surface area contributed by atoms with Crippen molar-refractivity contribution < 1.29 is 23.9 Å². The van der Waals surface area contributed by atoms with Crippen molar-refractivity contribution in [2.75, 3.05) is 11.9 Å². The van der Waals surface area contributed by atoms with Crippen molar-refractivity contribution in [3.05, 3.63) is 52.1 Å². The lowest BCUT2D eigenvalue weighted by Gasteiger charge is -2.11. The van der Waals surface area contributed by atoms with E-state index in [1.165, 1.54) is 16.7 Å². The number of hydrogen-bond donors (Lipinski definition) is 3. The summed E-state index contributed by atoms with van der Waals surface area (Å²) in [4.78, 5) is 37.8. The zero-order valence-electron chi connectivity index (χ0n) is 17.2. The maximum absolute atomic E-state index is 13.5. The fraction of sp³-hybridized carbons (Fsp3) is 0.333. The Morgan fingerprint density at radius 1 is 1.30 bits per heavy atom. The minimum Gasteiger partial charge on any atom is -0.396 e. The number of nitriles is 1. The van der Waals surface area contributed by atoms with Crippen molar-refractivity contribution >= 4 is 23.3 Å². The number of Topliss-reactive ketones (excluding diaryl/α,β-unsaturated/α-hetero) is 1. The Morgan fingerprint density at radius 2 is 1.97 bits per heavy atom. The van der Waals surface area contributed by atoms with E-state index in [1.54, 1.807) is 33.9 Å². The maximum atomic E-state index is 13.5. The van der Waals surface area contributed by atoms with Gasteiger partial charge in [0, 0.05) is 31.1 Å². The van der Waals surface area contributed by atoms with Gasteiger partial charge in [-0.25, -0.2) is 4.39 Å². The molecule has 0 radical (unpaired) electrons. The van der Waals surface area contributed by atoms with Gasteiger partial charge in [-0.1, -0.05) is 0 Å². The number of amides is 2. The second-order valence-corrected chi connectivity index (χ2v) is 6.97. The number of carbonyl (C=O) groups excluding carboxylic acids is 3. The maximum Gasteiger partial charge on any atom is 0.292 e. The lowest BCUT2D eigenvalue weighted by atomic mass is 10.0. The molecule has 9 heteroatoms. The zero-order chi connectivity index (χ0) is 22.6. The number of rotatable bonds is 7. The highest BCUT2D eigenvalue weighted by Crippen LogP contribution is 2.23. The van der Waals surface area contributed by atoms with E-state index in [1.807, 2.05) is 0 Å². The molecule has 0 fully saturated rings. The van der Waals surface area contributed by atoms with Crippen molar-refractivity contribution in [2.24, 2.45) is 7.05 Å². The van der Waals surface area contributed by atoms with E-state index < -0.39 is 23.4 Å². The summed E-state index contributed by atoms with van der Waals surface area (Å²) in [6, 6.07) is 4.92. The molecule has 3 N–H and O–H groups in total. The average Bonchev–Trinajstić information content (AvgIpc) is 2.91.